The first-order valence-corrected chi connectivity index (χ1v) is 9.43. The van der Waals surface area contributed by atoms with Gasteiger partial charge in [0, 0.05) is 42.9 Å². The zero-order valence-corrected chi connectivity index (χ0v) is 14.0. The molecule has 5 heteroatoms. The number of thioether (sulfide) groups is 1. The van der Waals surface area contributed by atoms with Gasteiger partial charge in [-0.25, -0.2) is 4.98 Å². The van der Waals surface area contributed by atoms with Gasteiger partial charge in [-0.1, -0.05) is 24.3 Å². The van der Waals surface area contributed by atoms with Crippen LogP contribution in [0, 0.1) is 5.92 Å². The maximum absolute atomic E-state index is 12.5. The third-order valence-electron chi connectivity index (χ3n) is 4.86. The zero-order valence-electron chi connectivity index (χ0n) is 13.1. The number of carbonyl (C=O) groups excluding carboxylic acids is 1. The Labute approximate surface area is 140 Å². The summed E-state index contributed by atoms with van der Waals surface area (Å²) in [6.07, 6.45) is 3.76. The number of fused-ring (bicyclic) bond motifs is 1. The van der Waals surface area contributed by atoms with Crippen molar-refractivity contribution in [2.24, 2.45) is 5.92 Å². The van der Waals surface area contributed by atoms with E-state index in [-0.39, 0.29) is 5.92 Å². The van der Waals surface area contributed by atoms with Crippen molar-refractivity contribution in [1.29, 1.82) is 0 Å². The monoisotopic (exact) mass is 327 g/mol. The number of hydrogen-bond donors (Lipinski definition) is 0. The molecular weight excluding hydrogens is 306 g/mol. The van der Waals surface area contributed by atoms with Crippen LogP contribution < -0.4 is 4.90 Å². The highest BCUT2D eigenvalue weighted by Crippen LogP contribution is 2.29. The summed E-state index contributed by atoms with van der Waals surface area (Å²) in [4.78, 5) is 21.5. The quantitative estimate of drug-likeness (QED) is 0.850. The lowest BCUT2D eigenvalue weighted by molar-refractivity contribution is -0.134. The Hall–Kier alpha value is -1.75. The van der Waals surface area contributed by atoms with Gasteiger partial charge < -0.3 is 9.80 Å². The lowest BCUT2D eigenvalue weighted by atomic mass is 9.95. The maximum atomic E-state index is 12.5. The van der Waals surface area contributed by atoms with Crippen molar-refractivity contribution in [2.75, 3.05) is 36.2 Å². The lowest BCUT2D eigenvalue weighted by Gasteiger charge is -2.34. The number of carbonyl (C=O) groups is 1. The fourth-order valence-corrected chi connectivity index (χ4v) is 4.50. The number of amides is 1. The van der Waals surface area contributed by atoms with Gasteiger partial charge in [0.05, 0.1) is 5.88 Å². The van der Waals surface area contributed by atoms with Crippen LogP contribution in [-0.4, -0.2) is 47.1 Å². The van der Waals surface area contributed by atoms with E-state index in [0.717, 1.165) is 49.9 Å². The summed E-state index contributed by atoms with van der Waals surface area (Å²) in [7, 11) is 0. The van der Waals surface area contributed by atoms with Crippen molar-refractivity contribution in [3.05, 3.63) is 36.5 Å². The van der Waals surface area contributed by atoms with Crippen molar-refractivity contribution in [1.82, 2.24) is 9.88 Å². The third kappa shape index (κ3) is 2.90. The second kappa shape index (κ2) is 6.40. The van der Waals surface area contributed by atoms with Gasteiger partial charge in [0.25, 0.3) is 0 Å². The second-order valence-corrected chi connectivity index (χ2v) is 7.33. The highest BCUT2D eigenvalue weighted by atomic mass is 32.2. The molecule has 0 bridgehead atoms. The molecule has 3 heterocycles. The highest BCUT2D eigenvalue weighted by Gasteiger charge is 2.30. The van der Waals surface area contributed by atoms with Gasteiger partial charge in [-0.2, -0.15) is 0 Å². The average Bonchev–Trinajstić information content (AvgIpc) is 3.15. The fraction of sp³-hybridized carbons (Fsp3) is 0.444. The van der Waals surface area contributed by atoms with Crippen LogP contribution in [-0.2, 0) is 4.79 Å². The Morgan fingerprint density at radius 3 is 2.74 bits per heavy atom. The van der Waals surface area contributed by atoms with Crippen molar-refractivity contribution in [2.45, 2.75) is 12.8 Å². The van der Waals surface area contributed by atoms with Crippen LogP contribution in [0.2, 0.25) is 0 Å². The molecule has 4 rings (SSSR count). The molecule has 0 N–H and O–H groups in total. The molecule has 23 heavy (non-hydrogen) atoms. The standard InChI is InChI=1S/C18H21N3OS/c22-18(21-11-12-23-13-21)15-6-9-20(10-7-15)17-16-4-2-1-3-14(16)5-8-19-17/h1-5,8,15H,6-7,9-13H2. The SMILES string of the molecule is O=C(C1CCN(c2nccc3ccccc23)CC1)N1CCSC1. The van der Waals surface area contributed by atoms with Crippen molar-refractivity contribution >= 4 is 34.3 Å². The van der Waals surface area contributed by atoms with Crippen LogP contribution >= 0.6 is 11.8 Å². The number of aromatic nitrogens is 1. The molecule has 120 valence electrons. The Morgan fingerprint density at radius 2 is 1.96 bits per heavy atom. The Kier molecular flexibility index (Phi) is 4.12. The van der Waals surface area contributed by atoms with Crippen LogP contribution in [0.5, 0.6) is 0 Å². The minimum atomic E-state index is 0.194. The van der Waals surface area contributed by atoms with E-state index in [0.29, 0.717) is 5.91 Å². The molecule has 0 aliphatic carbocycles. The van der Waals surface area contributed by atoms with Crippen molar-refractivity contribution in [3.63, 3.8) is 0 Å². The van der Waals surface area contributed by atoms with E-state index in [1.807, 2.05) is 22.9 Å². The summed E-state index contributed by atoms with van der Waals surface area (Å²) < 4.78 is 0. The fourth-order valence-electron chi connectivity index (χ4n) is 3.54. The minimum Gasteiger partial charge on any atom is -0.356 e. The van der Waals surface area contributed by atoms with Gasteiger partial charge >= 0.3 is 0 Å². The predicted octanol–water partition coefficient (Wildman–Crippen LogP) is 2.98. The predicted molar refractivity (Wildman–Crippen MR) is 95.7 cm³/mol. The largest absolute Gasteiger partial charge is 0.356 e. The van der Waals surface area contributed by atoms with Gasteiger partial charge in [0.1, 0.15) is 5.82 Å². The van der Waals surface area contributed by atoms with Gasteiger partial charge in [0.15, 0.2) is 0 Å². The first-order valence-electron chi connectivity index (χ1n) is 8.28. The molecule has 1 aromatic carbocycles. The van der Waals surface area contributed by atoms with Gasteiger partial charge in [0.2, 0.25) is 5.91 Å². The normalized spacial score (nSPS) is 19.5. The Bertz CT molecular complexity index is 701. The van der Waals surface area contributed by atoms with E-state index in [9.17, 15) is 4.79 Å². The van der Waals surface area contributed by atoms with Gasteiger partial charge in [-0.3, -0.25) is 4.79 Å². The second-order valence-electron chi connectivity index (χ2n) is 6.26. The number of nitrogens with zero attached hydrogens (tertiary/aromatic N) is 3. The van der Waals surface area contributed by atoms with E-state index < -0.39 is 0 Å². The molecule has 0 spiro atoms. The molecule has 0 radical (unpaired) electrons. The summed E-state index contributed by atoms with van der Waals surface area (Å²) in [5, 5.41) is 2.43. The summed E-state index contributed by atoms with van der Waals surface area (Å²) in [5.41, 5.74) is 0. The van der Waals surface area contributed by atoms with Crippen LogP contribution in [0.1, 0.15) is 12.8 Å². The number of piperidine rings is 1. The molecule has 2 aromatic rings. The topological polar surface area (TPSA) is 36.4 Å². The van der Waals surface area contributed by atoms with Crippen molar-refractivity contribution in [3.8, 4) is 0 Å². The van der Waals surface area contributed by atoms with E-state index >= 15 is 0 Å². The van der Waals surface area contributed by atoms with Crippen LogP contribution in [0.4, 0.5) is 5.82 Å². The first kappa shape index (κ1) is 14.8. The lowest BCUT2D eigenvalue weighted by Crippen LogP contribution is -2.42. The summed E-state index contributed by atoms with van der Waals surface area (Å²) in [6, 6.07) is 10.4. The molecule has 0 saturated carbocycles. The molecule has 1 aromatic heterocycles. The number of anilines is 1. The van der Waals surface area contributed by atoms with Crippen LogP contribution in [0.25, 0.3) is 10.8 Å². The first-order chi connectivity index (χ1) is 11.3. The number of hydrogen-bond acceptors (Lipinski definition) is 4. The molecule has 2 aliphatic heterocycles. The van der Waals surface area contributed by atoms with E-state index in [1.165, 1.54) is 10.8 Å². The zero-order chi connectivity index (χ0) is 15.6. The number of pyridine rings is 1. The average molecular weight is 327 g/mol. The Morgan fingerprint density at radius 1 is 1.13 bits per heavy atom. The summed E-state index contributed by atoms with van der Waals surface area (Å²) >= 11 is 1.86. The van der Waals surface area contributed by atoms with Crippen LogP contribution in [0.3, 0.4) is 0 Å². The van der Waals surface area contributed by atoms with E-state index in [4.69, 9.17) is 0 Å². The molecule has 2 fully saturated rings. The molecule has 2 saturated heterocycles. The van der Waals surface area contributed by atoms with Gasteiger partial charge in [-0.15, -0.1) is 11.8 Å². The molecule has 2 aliphatic rings. The highest BCUT2D eigenvalue weighted by molar-refractivity contribution is 7.99. The number of benzene rings is 1. The smallest absolute Gasteiger partial charge is 0.226 e. The molecule has 4 nitrogen and oxygen atoms in total. The summed E-state index contributed by atoms with van der Waals surface area (Å²) in [6.45, 7) is 2.76. The van der Waals surface area contributed by atoms with Gasteiger partial charge in [-0.05, 0) is 24.3 Å². The van der Waals surface area contributed by atoms with Crippen LogP contribution in [0.15, 0.2) is 36.5 Å². The summed E-state index contributed by atoms with van der Waals surface area (Å²) in [5.74, 6) is 3.58. The molecular formula is C18H21N3OS. The maximum Gasteiger partial charge on any atom is 0.226 e. The third-order valence-corrected chi connectivity index (χ3v) is 5.83. The van der Waals surface area contributed by atoms with E-state index in [1.54, 1.807) is 0 Å². The molecule has 0 atom stereocenters. The van der Waals surface area contributed by atoms with Crippen molar-refractivity contribution < 1.29 is 4.79 Å². The molecule has 1 amide bonds. The van der Waals surface area contributed by atoms with E-state index in [2.05, 4.69) is 40.2 Å². The minimum absolute atomic E-state index is 0.194. The molecule has 0 unspecified atom stereocenters. The Balaban J connectivity index is 1.47. The number of rotatable bonds is 2.